The number of methoxy groups -OCH3 is 1. The second-order valence-corrected chi connectivity index (χ2v) is 5.79. The summed E-state index contributed by atoms with van der Waals surface area (Å²) in [5, 5.41) is 39.1. The van der Waals surface area contributed by atoms with Crippen LogP contribution in [0.3, 0.4) is 0 Å². The van der Waals surface area contributed by atoms with Gasteiger partial charge in [-0.15, -0.1) is 0 Å². The molecule has 4 atom stereocenters. The molecule has 0 aromatic heterocycles. The number of hydrogen-bond donors (Lipinski definition) is 4. The van der Waals surface area contributed by atoms with Crippen molar-refractivity contribution < 1.29 is 39.5 Å². The number of phenolic OH excluding ortho intramolecular Hbond substituents is 1. The van der Waals surface area contributed by atoms with E-state index in [2.05, 4.69) is 4.74 Å². The molecule has 8 nitrogen and oxygen atoms in total. The Kier molecular flexibility index (Phi) is 5.78. The Morgan fingerprint density at radius 3 is 2.48 bits per heavy atom. The zero-order valence-electron chi connectivity index (χ0n) is 13.5. The highest BCUT2D eigenvalue weighted by Gasteiger charge is 2.63. The van der Waals surface area contributed by atoms with Crippen LogP contribution in [0.1, 0.15) is 18.4 Å². The van der Waals surface area contributed by atoms with Gasteiger partial charge in [-0.05, 0) is 30.2 Å². The van der Waals surface area contributed by atoms with Crippen molar-refractivity contribution in [3.63, 3.8) is 0 Å². The quantitative estimate of drug-likeness (QED) is 0.406. The van der Waals surface area contributed by atoms with E-state index in [1.54, 1.807) is 12.1 Å². The molecule has 1 aliphatic rings. The molecular weight excluding hydrogens is 332 g/mol. The van der Waals surface area contributed by atoms with E-state index in [9.17, 15) is 30.0 Å². The fraction of sp³-hybridized carbons (Fsp3) is 0.412. The number of aromatic hydroxyl groups is 1. The topological polar surface area (TPSA) is 134 Å². The molecule has 0 saturated heterocycles. The van der Waals surface area contributed by atoms with Crippen LogP contribution in [-0.2, 0) is 19.1 Å². The maximum Gasteiger partial charge on any atom is 0.331 e. The van der Waals surface area contributed by atoms with E-state index in [0.717, 1.165) is 6.08 Å². The Balaban J connectivity index is 1.97. The molecule has 0 amide bonds. The lowest BCUT2D eigenvalue weighted by atomic mass is 9.68. The maximum absolute atomic E-state index is 11.9. The van der Waals surface area contributed by atoms with Crippen molar-refractivity contribution >= 4 is 18.0 Å². The average molecular weight is 352 g/mol. The van der Waals surface area contributed by atoms with E-state index in [1.807, 2.05) is 0 Å². The molecule has 1 aromatic carbocycles. The molecule has 1 aliphatic carbocycles. The first-order valence-electron chi connectivity index (χ1n) is 7.61. The first kappa shape index (κ1) is 18.9. The average Bonchev–Trinajstić information content (AvgIpc) is 2.62. The number of ether oxygens (including phenoxy) is 2. The molecule has 4 N–H and O–H groups in total. The van der Waals surface area contributed by atoms with Crippen molar-refractivity contribution in [3.8, 4) is 5.75 Å². The second kappa shape index (κ2) is 7.64. The van der Waals surface area contributed by atoms with Gasteiger partial charge in [0.2, 0.25) is 0 Å². The highest BCUT2D eigenvalue weighted by molar-refractivity contribution is 5.87. The first-order chi connectivity index (χ1) is 11.8. The van der Waals surface area contributed by atoms with Gasteiger partial charge in [-0.2, -0.15) is 0 Å². The summed E-state index contributed by atoms with van der Waals surface area (Å²) in [7, 11) is 1.18. The van der Waals surface area contributed by atoms with Gasteiger partial charge in [-0.1, -0.05) is 12.1 Å². The molecule has 8 heteroatoms. The van der Waals surface area contributed by atoms with Gasteiger partial charge in [0.1, 0.15) is 23.6 Å². The van der Waals surface area contributed by atoms with Crippen LogP contribution in [0.2, 0.25) is 0 Å². The smallest absolute Gasteiger partial charge is 0.331 e. The lowest BCUT2D eigenvalue weighted by Gasteiger charge is -2.51. The number of carbonyl (C=O) groups is 2. The normalized spacial score (nSPS) is 28.4. The van der Waals surface area contributed by atoms with Crippen LogP contribution in [0.25, 0.3) is 6.08 Å². The Morgan fingerprint density at radius 2 is 1.88 bits per heavy atom. The lowest BCUT2D eigenvalue weighted by Crippen LogP contribution is -2.74. The van der Waals surface area contributed by atoms with E-state index in [0.29, 0.717) is 5.56 Å². The number of hydrogen-bond acceptors (Lipinski definition) is 8. The zero-order chi connectivity index (χ0) is 18.6. The first-order valence-corrected chi connectivity index (χ1v) is 7.61. The molecule has 0 heterocycles. The van der Waals surface area contributed by atoms with Gasteiger partial charge in [0.25, 0.3) is 0 Å². The number of phenols is 1. The van der Waals surface area contributed by atoms with Gasteiger partial charge in [0.05, 0.1) is 7.11 Å². The predicted molar refractivity (Wildman–Crippen MR) is 85.2 cm³/mol. The third-order valence-corrected chi connectivity index (χ3v) is 4.14. The number of rotatable bonds is 6. The number of aliphatic hydroxyl groups excluding tert-OH is 2. The van der Waals surface area contributed by atoms with Gasteiger partial charge >= 0.3 is 11.9 Å². The third-order valence-electron chi connectivity index (χ3n) is 4.14. The molecule has 1 saturated carbocycles. The maximum atomic E-state index is 11.9. The summed E-state index contributed by atoms with van der Waals surface area (Å²) in [6, 6.07) is 6.05. The second-order valence-electron chi connectivity index (χ2n) is 5.79. The summed E-state index contributed by atoms with van der Waals surface area (Å²) >= 11 is 0. The largest absolute Gasteiger partial charge is 0.508 e. The summed E-state index contributed by atoms with van der Waals surface area (Å²) in [5.41, 5.74) is -1.29. The summed E-state index contributed by atoms with van der Waals surface area (Å²) < 4.78 is 9.47. The summed E-state index contributed by atoms with van der Waals surface area (Å²) in [4.78, 5) is 23.1. The lowest BCUT2D eigenvalue weighted by molar-refractivity contribution is -0.291. The van der Waals surface area contributed by atoms with Gasteiger partial charge in [-0.3, -0.25) is 4.79 Å². The summed E-state index contributed by atoms with van der Waals surface area (Å²) in [6.45, 7) is 0. The Labute approximate surface area is 143 Å². The molecule has 0 spiro atoms. The van der Waals surface area contributed by atoms with Crippen LogP contribution in [0.5, 0.6) is 5.75 Å². The van der Waals surface area contributed by atoms with Crippen LogP contribution in [-0.4, -0.2) is 63.4 Å². The van der Waals surface area contributed by atoms with E-state index in [4.69, 9.17) is 4.74 Å². The fourth-order valence-corrected chi connectivity index (χ4v) is 2.59. The van der Waals surface area contributed by atoms with Crippen molar-refractivity contribution in [1.29, 1.82) is 0 Å². The molecule has 136 valence electrons. The number of aliphatic hydroxyl groups is 3. The van der Waals surface area contributed by atoms with Gasteiger partial charge < -0.3 is 29.9 Å². The molecule has 2 rings (SSSR count). The summed E-state index contributed by atoms with van der Waals surface area (Å²) in [5.74, 6) is -1.35. The molecule has 1 fully saturated rings. The molecule has 0 bridgehead atoms. The van der Waals surface area contributed by atoms with Crippen LogP contribution in [0.15, 0.2) is 30.3 Å². The molecule has 0 aliphatic heterocycles. The van der Waals surface area contributed by atoms with Gasteiger partial charge in [-0.25, -0.2) is 4.79 Å². The van der Waals surface area contributed by atoms with Crippen LogP contribution in [0, 0.1) is 0 Å². The Morgan fingerprint density at radius 1 is 1.24 bits per heavy atom. The fourth-order valence-electron chi connectivity index (χ4n) is 2.59. The summed E-state index contributed by atoms with van der Waals surface area (Å²) in [6.07, 6.45) is -2.25. The van der Waals surface area contributed by atoms with E-state index in [-0.39, 0.29) is 18.6 Å². The molecular formula is C17H20O8. The van der Waals surface area contributed by atoms with Crippen molar-refractivity contribution in [2.45, 2.75) is 36.8 Å². The minimum Gasteiger partial charge on any atom is -0.508 e. The van der Waals surface area contributed by atoms with Crippen LogP contribution < -0.4 is 0 Å². The van der Waals surface area contributed by atoms with Crippen molar-refractivity contribution in [2.75, 3.05) is 7.11 Å². The Hall–Kier alpha value is -2.42. The monoisotopic (exact) mass is 352 g/mol. The Bertz CT molecular complexity index is 653. The molecule has 25 heavy (non-hydrogen) atoms. The number of esters is 2. The molecule has 0 unspecified atom stereocenters. The minimum absolute atomic E-state index is 0.0852. The van der Waals surface area contributed by atoms with Gasteiger partial charge in [0, 0.05) is 12.5 Å². The SMILES string of the molecule is COC(=O)CC[C@@]1(O)[C@H](O)[C@H](O)[C@@H]1OC(=O)/C=C/c1ccc(O)cc1. The van der Waals surface area contributed by atoms with Gasteiger partial charge in [0.15, 0.2) is 6.10 Å². The molecule has 0 radical (unpaired) electrons. The highest BCUT2D eigenvalue weighted by atomic mass is 16.6. The predicted octanol–water partition coefficient (Wildman–Crippen LogP) is -0.263. The third kappa shape index (κ3) is 4.16. The highest BCUT2D eigenvalue weighted by Crippen LogP contribution is 2.39. The standard InChI is InChI=1S/C17H20O8/c1-24-12(19)8-9-17(23)15(22)14(21)16(17)25-13(20)7-4-10-2-5-11(18)6-3-10/h2-7,14-16,18,21-23H,8-9H2,1H3/b7-4+/t14-,15+,16-,17+/m0/s1. The molecule has 1 aromatic rings. The van der Waals surface area contributed by atoms with Crippen LogP contribution >= 0.6 is 0 Å². The number of benzene rings is 1. The number of carbonyl (C=O) groups excluding carboxylic acids is 2. The van der Waals surface area contributed by atoms with E-state index in [1.165, 1.54) is 25.3 Å². The van der Waals surface area contributed by atoms with E-state index < -0.39 is 35.9 Å². The van der Waals surface area contributed by atoms with Crippen molar-refractivity contribution in [1.82, 2.24) is 0 Å². The van der Waals surface area contributed by atoms with Crippen molar-refractivity contribution in [3.05, 3.63) is 35.9 Å². The van der Waals surface area contributed by atoms with Crippen molar-refractivity contribution in [2.24, 2.45) is 0 Å². The van der Waals surface area contributed by atoms with E-state index >= 15 is 0 Å². The zero-order valence-corrected chi connectivity index (χ0v) is 13.5. The minimum atomic E-state index is -1.92. The van der Waals surface area contributed by atoms with Crippen LogP contribution in [0.4, 0.5) is 0 Å².